The molecule has 2 aromatic rings. The maximum atomic E-state index is 10.7. The van der Waals surface area contributed by atoms with Gasteiger partial charge in [0.15, 0.2) is 0 Å². The van der Waals surface area contributed by atoms with Crippen LogP contribution >= 0.6 is 0 Å². The number of likely N-dealkylation sites (N-methyl/N-ethyl adjacent to an activating group) is 2. The number of nitrogens with zero attached hydrogens (tertiary/aromatic N) is 2. The molecule has 2 aromatic carbocycles. The van der Waals surface area contributed by atoms with Gasteiger partial charge in [0.05, 0.1) is 16.3 Å². The van der Waals surface area contributed by atoms with Crippen LogP contribution in [-0.2, 0) is 20.2 Å². The van der Waals surface area contributed by atoms with Gasteiger partial charge in [0.25, 0.3) is 10.1 Å². The minimum Gasteiger partial charge on any atom is -0.744 e. The fourth-order valence-electron chi connectivity index (χ4n) is 2.62. The van der Waals surface area contributed by atoms with Gasteiger partial charge in [-0.25, -0.2) is 8.42 Å². The topological polar surface area (TPSA) is 172 Å². The van der Waals surface area contributed by atoms with Crippen LogP contribution < -0.4 is 11.5 Å². The van der Waals surface area contributed by atoms with Gasteiger partial charge in [0.2, 0.25) is 0 Å². The third kappa shape index (κ3) is 21.6. The van der Waals surface area contributed by atoms with E-state index < -0.39 is 20.2 Å². The van der Waals surface area contributed by atoms with Gasteiger partial charge in [-0.05, 0) is 75.4 Å². The molecule has 0 heterocycles. The Kier molecular flexibility index (Phi) is 22.3. The lowest BCUT2D eigenvalue weighted by Gasteiger charge is -2.09. The van der Waals surface area contributed by atoms with E-state index >= 15 is 0 Å². The van der Waals surface area contributed by atoms with E-state index in [-0.39, 0.29) is 17.2 Å². The maximum Gasteiger partial charge on any atom is 0.294 e. The molecular weight excluding hydrogens is 540 g/mol. The lowest BCUT2D eigenvalue weighted by Crippen LogP contribution is -2.54. The van der Waals surface area contributed by atoms with Crippen molar-refractivity contribution in [3.8, 4) is 0 Å². The molecule has 39 heavy (non-hydrogen) atoms. The van der Waals surface area contributed by atoms with Crippen LogP contribution in [0.4, 0.5) is 0 Å². The van der Waals surface area contributed by atoms with Crippen LogP contribution in [0.1, 0.15) is 58.1 Å². The van der Waals surface area contributed by atoms with Gasteiger partial charge in [-0.2, -0.15) is 8.42 Å². The molecule has 0 unspecified atom stereocenters. The lowest BCUT2D eigenvalue weighted by atomic mass is 10.0. The van der Waals surface area contributed by atoms with Crippen molar-refractivity contribution in [2.45, 2.75) is 56.7 Å². The molecule has 0 bridgehead atoms. The van der Waals surface area contributed by atoms with E-state index in [1.165, 1.54) is 24.3 Å². The summed E-state index contributed by atoms with van der Waals surface area (Å²) in [5.74, 6) is 0.693. The molecule has 0 saturated carbocycles. The molecule has 0 saturated heterocycles. The van der Waals surface area contributed by atoms with Crippen LogP contribution in [0.15, 0.2) is 58.3 Å². The molecule has 0 aliphatic rings. The Hall–Kier alpha value is -1.90. The van der Waals surface area contributed by atoms with E-state index in [2.05, 4.69) is 15.5 Å². The van der Waals surface area contributed by atoms with Crippen molar-refractivity contribution in [3.05, 3.63) is 59.7 Å². The van der Waals surface area contributed by atoms with Crippen molar-refractivity contribution in [3.63, 3.8) is 0 Å². The summed E-state index contributed by atoms with van der Waals surface area (Å²) in [5, 5.41) is 0. The van der Waals surface area contributed by atoms with Crippen LogP contribution in [0.25, 0.3) is 0 Å². The lowest BCUT2D eigenvalue weighted by molar-refractivity contribution is -0.368. The van der Waals surface area contributed by atoms with E-state index in [9.17, 15) is 21.4 Å². The average molecular weight is 593 g/mol. The maximum absolute atomic E-state index is 10.7. The minimum atomic E-state index is -4.30. The Morgan fingerprint density at radius 2 is 1.10 bits per heavy atom. The number of nitrogens with two attached hydrogens (primary N) is 1. The second-order valence-electron chi connectivity index (χ2n) is 9.63. The standard InChI is InChI=1S/2C9H12O3S.2C4H12N2.CH4/c2*1-7(2)8-3-5-9(6-4-8)13(10,11)12;2*1-6(2)4-3-5;/h2*3-7H,1-2H3,(H,10,11,12);2*3-5H2,1-2H3;1H4. The Labute approximate surface area is 237 Å². The predicted molar refractivity (Wildman–Crippen MR) is 159 cm³/mol. The second-order valence-corrected chi connectivity index (χ2v) is 12.4. The number of hydrogen-bond acceptors (Lipinski definition) is 8. The molecular formula is C27H52N4O6S2. The quantitative estimate of drug-likeness (QED) is 0.390. The zero-order valence-electron chi connectivity index (χ0n) is 24.1. The summed E-state index contributed by atoms with van der Waals surface area (Å²) in [4.78, 5) is 3.95. The fourth-order valence-corrected chi connectivity index (χ4v) is 3.57. The highest BCUT2D eigenvalue weighted by atomic mass is 32.2. The number of hydrogen-bond donors (Lipinski definition) is 3. The molecule has 0 radical (unpaired) electrons. The van der Waals surface area contributed by atoms with Crippen molar-refractivity contribution >= 4 is 20.2 Å². The van der Waals surface area contributed by atoms with Crippen molar-refractivity contribution in [2.75, 3.05) is 54.4 Å². The summed E-state index contributed by atoms with van der Waals surface area (Å²) in [6, 6.07) is 12.2. The van der Waals surface area contributed by atoms with Gasteiger partial charge in [-0.1, -0.05) is 59.4 Å². The van der Waals surface area contributed by atoms with Crippen molar-refractivity contribution < 1.29 is 31.7 Å². The molecule has 0 aliphatic heterocycles. The van der Waals surface area contributed by atoms with E-state index in [0.29, 0.717) is 11.8 Å². The highest BCUT2D eigenvalue weighted by Crippen LogP contribution is 2.17. The van der Waals surface area contributed by atoms with Gasteiger partial charge in [0, 0.05) is 19.6 Å². The summed E-state index contributed by atoms with van der Waals surface area (Å²) in [7, 11) is -0.233. The van der Waals surface area contributed by atoms with Crippen LogP contribution in [0.2, 0.25) is 0 Å². The number of quaternary nitrogens is 1. The normalized spacial score (nSPS) is 11.1. The van der Waals surface area contributed by atoms with Gasteiger partial charge in [-0.3, -0.25) is 4.55 Å². The summed E-state index contributed by atoms with van der Waals surface area (Å²) in [6.45, 7) is 11.9. The molecule has 0 fully saturated rings. The average Bonchev–Trinajstić information content (AvgIpc) is 2.79. The first-order chi connectivity index (χ1) is 17.4. The van der Waals surface area contributed by atoms with E-state index in [1.54, 1.807) is 24.3 Å². The van der Waals surface area contributed by atoms with Crippen LogP contribution in [0.3, 0.4) is 0 Å². The van der Waals surface area contributed by atoms with Crippen LogP contribution in [-0.4, -0.2) is 90.1 Å². The Morgan fingerprint density at radius 3 is 1.26 bits per heavy atom. The van der Waals surface area contributed by atoms with Crippen LogP contribution in [0.5, 0.6) is 0 Å². The van der Waals surface area contributed by atoms with Gasteiger partial charge in [0.1, 0.15) is 10.1 Å². The first-order valence-corrected chi connectivity index (χ1v) is 15.1. The summed E-state index contributed by atoms with van der Waals surface area (Å²) in [6.07, 6.45) is 0. The number of rotatable bonds is 8. The summed E-state index contributed by atoms with van der Waals surface area (Å²) < 4.78 is 61.7. The van der Waals surface area contributed by atoms with Crippen molar-refractivity contribution in [1.29, 1.82) is 0 Å². The molecule has 6 N–H and O–H groups in total. The molecule has 2 rings (SSSR count). The highest BCUT2D eigenvalue weighted by molar-refractivity contribution is 7.86. The first-order valence-electron chi connectivity index (χ1n) is 12.3. The smallest absolute Gasteiger partial charge is 0.294 e. The first kappa shape index (κ1) is 41.6. The third-order valence-electron chi connectivity index (χ3n) is 4.86. The van der Waals surface area contributed by atoms with Crippen molar-refractivity contribution in [2.24, 2.45) is 5.73 Å². The van der Waals surface area contributed by atoms with Crippen LogP contribution in [0, 0.1) is 0 Å². The molecule has 0 spiro atoms. The monoisotopic (exact) mass is 592 g/mol. The third-order valence-corrected chi connectivity index (χ3v) is 6.58. The van der Waals surface area contributed by atoms with E-state index in [1.807, 2.05) is 55.9 Å². The number of benzene rings is 2. The molecule has 0 aliphatic carbocycles. The molecule has 0 aromatic heterocycles. The zero-order valence-corrected chi connectivity index (χ0v) is 25.7. The highest BCUT2D eigenvalue weighted by Gasteiger charge is 2.09. The van der Waals surface area contributed by atoms with Crippen molar-refractivity contribution in [1.82, 2.24) is 9.80 Å². The zero-order chi connectivity index (χ0) is 30.1. The molecule has 0 amide bonds. The molecule has 10 nitrogen and oxygen atoms in total. The second kappa shape index (κ2) is 20.9. The van der Waals surface area contributed by atoms with Gasteiger partial charge >= 0.3 is 0 Å². The largest absolute Gasteiger partial charge is 0.744 e. The molecule has 12 heteroatoms. The summed E-state index contributed by atoms with van der Waals surface area (Å²) in [5.41, 5.74) is 10.9. The minimum absolute atomic E-state index is 0. The predicted octanol–water partition coefficient (Wildman–Crippen LogP) is 2.70. The molecule has 0 atom stereocenters. The summed E-state index contributed by atoms with van der Waals surface area (Å²) >= 11 is 0. The fraction of sp³-hybridized carbons (Fsp3) is 0.556. The van der Waals surface area contributed by atoms with Gasteiger partial charge < -0.3 is 25.8 Å². The van der Waals surface area contributed by atoms with Gasteiger partial charge in [-0.15, -0.1) is 0 Å². The Morgan fingerprint density at radius 1 is 0.769 bits per heavy atom. The molecule has 228 valence electrons. The Bertz CT molecular complexity index is 997. The SMILES string of the molecule is C.CC(C)c1ccc(S(=O)(=O)O)cc1.CC(C)c1ccc(S(=O)(=O)[O-])cc1.CN(C)CCN.CN(C)CC[NH3+]. The Balaban J connectivity index is -0.000000469. The van der Waals surface area contributed by atoms with E-state index in [0.717, 1.165) is 37.3 Å². The van der Waals surface area contributed by atoms with E-state index in [4.69, 9.17) is 10.3 Å².